The number of ether oxygens (including phenoxy) is 1. The molecule has 0 radical (unpaired) electrons. The van der Waals surface area contributed by atoms with Crippen LogP contribution in [0.4, 0.5) is 5.69 Å². The van der Waals surface area contributed by atoms with Gasteiger partial charge in [0.25, 0.3) is 5.91 Å². The summed E-state index contributed by atoms with van der Waals surface area (Å²) in [7, 11) is 0. The molecule has 2 aromatic heterocycles. The molecule has 3 aromatic carbocycles. The Kier molecular flexibility index (Phi) is 8.24. The van der Waals surface area contributed by atoms with Crippen molar-refractivity contribution in [2.45, 2.75) is 24.1 Å². The molecule has 5 rings (SSSR count). The quantitative estimate of drug-likeness (QED) is 0.158. The molecule has 0 atom stereocenters. The smallest absolute Gasteiger partial charge is 0.302 e. The highest BCUT2D eigenvalue weighted by molar-refractivity contribution is 7.98. The number of nitrogens with one attached hydrogen (secondary N) is 1. The number of benzene rings is 3. The minimum atomic E-state index is -0.355. The van der Waals surface area contributed by atoms with Crippen molar-refractivity contribution in [1.82, 2.24) is 14.8 Å². The molecule has 39 heavy (non-hydrogen) atoms. The average molecular weight is 557 g/mol. The van der Waals surface area contributed by atoms with Gasteiger partial charge in [0.15, 0.2) is 0 Å². The van der Waals surface area contributed by atoms with Crippen molar-refractivity contribution in [2.24, 2.45) is 0 Å². The molecule has 0 aliphatic rings. The Hall–Kier alpha value is -4.14. The number of aromatic nitrogens is 3. The van der Waals surface area contributed by atoms with Gasteiger partial charge in [0.2, 0.25) is 0 Å². The van der Waals surface area contributed by atoms with E-state index in [1.165, 1.54) is 18.7 Å². The Balaban J connectivity index is 1.38. The van der Waals surface area contributed by atoms with Crippen LogP contribution in [0, 0.1) is 0 Å². The number of thioether (sulfide) groups is 1. The van der Waals surface area contributed by atoms with Crippen molar-refractivity contribution >= 4 is 51.8 Å². The number of halogens is 1. The number of hydrogen-bond donors (Lipinski definition) is 1. The molecule has 1 N–H and O–H groups in total. The molecule has 0 bridgehead atoms. The zero-order chi connectivity index (χ0) is 27.2. The van der Waals surface area contributed by atoms with Crippen molar-refractivity contribution in [3.63, 3.8) is 0 Å². The summed E-state index contributed by atoms with van der Waals surface area (Å²) in [6, 6.07) is 26.9. The van der Waals surface area contributed by atoms with Crippen molar-refractivity contribution < 1.29 is 14.3 Å². The first-order chi connectivity index (χ1) is 19.0. The van der Waals surface area contributed by atoms with Gasteiger partial charge in [-0.3, -0.25) is 14.6 Å². The molecule has 0 saturated heterocycles. The van der Waals surface area contributed by atoms with Gasteiger partial charge in [0.1, 0.15) is 11.8 Å². The highest BCUT2D eigenvalue weighted by Crippen LogP contribution is 2.35. The summed E-state index contributed by atoms with van der Waals surface area (Å²) in [6.07, 6.45) is 1.66. The average Bonchev–Trinajstić information content (AvgIpc) is 3.27. The normalized spacial score (nSPS) is 10.9. The van der Waals surface area contributed by atoms with Crippen LogP contribution < -0.4 is 5.32 Å². The fraction of sp³-hybridized carbons (Fsp3) is 0.133. The molecule has 1 amide bonds. The lowest BCUT2D eigenvalue weighted by atomic mass is 10.1. The number of hydrogen-bond acceptors (Lipinski definition) is 6. The number of fused-ring (bicyclic) bond motifs is 1. The molecule has 0 unspecified atom stereocenters. The van der Waals surface area contributed by atoms with Gasteiger partial charge in [0, 0.05) is 34.1 Å². The Bertz CT molecular complexity index is 1640. The summed E-state index contributed by atoms with van der Waals surface area (Å²) < 4.78 is 6.73. The lowest BCUT2D eigenvalue weighted by Gasteiger charge is -2.11. The molecule has 5 aromatic rings. The SMILES string of the molecule is CC(=O)OCCn1nc(-c2ccccc2)c(CSc2ccccc2C(=O)Nc2cnc3ccccc3c2)c1Cl. The van der Waals surface area contributed by atoms with Gasteiger partial charge >= 0.3 is 5.97 Å². The number of pyridine rings is 1. The molecular formula is C30H25ClN4O3S. The monoisotopic (exact) mass is 556 g/mol. The van der Waals surface area contributed by atoms with E-state index in [1.807, 2.05) is 78.9 Å². The van der Waals surface area contributed by atoms with Crippen molar-refractivity contribution in [1.29, 1.82) is 0 Å². The van der Waals surface area contributed by atoms with E-state index in [0.29, 0.717) is 28.7 Å². The molecule has 196 valence electrons. The van der Waals surface area contributed by atoms with Gasteiger partial charge in [-0.05, 0) is 24.3 Å². The number of esters is 1. The summed E-state index contributed by atoms with van der Waals surface area (Å²) in [6.45, 7) is 1.87. The third kappa shape index (κ3) is 6.30. The number of amides is 1. The van der Waals surface area contributed by atoms with Crippen molar-refractivity contribution in [2.75, 3.05) is 11.9 Å². The highest BCUT2D eigenvalue weighted by atomic mass is 35.5. The number of para-hydroxylation sites is 1. The van der Waals surface area contributed by atoms with Crippen LogP contribution in [0.5, 0.6) is 0 Å². The minimum absolute atomic E-state index is 0.171. The Labute approximate surface area is 235 Å². The molecule has 7 nitrogen and oxygen atoms in total. The highest BCUT2D eigenvalue weighted by Gasteiger charge is 2.20. The Morgan fingerprint density at radius 2 is 1.74 bits per heavy atom. The summed E-state index contributed by atoms with van der Waals surface area (Å²) >= 11 is 8.29. The summed E-state index contributed by atoms with van der Waals surface area (Å²) in [4.78, 5) is 29.7. The molecule has 9 heteroatoms. The van der Waals surface area contributed by atoms with E-state index < -0.39 is 0 Å². The minimum Gasteiger partial charge on any atom is -0.464 e. The second kappa shape index (κ2) is 12.1. The second-order valence-electron chi connectivity index (χ2n) is 8.70. The van der Waals surface area contributed by atoms with Gasteiger partial charge in [0.05, 0.1) is 35.2 Å². The number of carbonyl (C=O) groups is 2. The maximum absolute atomic E-state index is 13.3. The maximum atomic E-state index is 13.3. The van der Waals surface area contributed by atoms with Gasteiger partial charge in [-0.15, -0.1) is 11.8 Å². The van der Waals surface area contributed by atoms with E-state index >= 15 is 0 Å². The van der Waals surface area contributed by atoms with E-state index in [0.717, 1.165) is 32.6 Å². The van der Waals surface area contributed by atoms with Crippen LogP contribution in [0.2, 0.25) is 5.15 Å². The molecule has 0 aliphatic heterocycles. The summed E-state index contributed by atoms with van der Waals surface area (Å²) in [5, 5.41) is 9.12. The van der Waals surface area contributed by atoms with Gasteiger partial charge in [-0.25, -0.2) is 4.68 Å². The number of rotatable bonds is 9. The first-order valence-electron chi connectivity index (χ1n) is 12.3. The lowest BCUT2D eigenvalue weighted by Crippen LogP contribution is -2.13. The van der Waals surface area contributed by atoms with E-state index in [1.54, 1.807) is 16.9 Å². The molecule has 0 aliphatic carbocycles. The maximum Gasteiger partial charge on any atom is 0.302 e. The Morgan fingerprint density at radius 3 is 2.56 bits per heavy atom. The zero-order valence-corrected chi connectivity index (χ0v) is 22.7. The first kappa shape index (κ1) is 26.5. The second-order valence-corrected chi connectivity index (χ2v) is 10.1. The van der Waals surface area contributed by atoms with Crippen LogP contribution >= 0.6 is 23.4 Å². The van der Waals surface area contributed by atoms with Crippen LogP contribution in [0.15, 0.2) is 96.0 Å². The Morgan fingerprint density at radius 1 is 1.00 bits per heavy atom. The third-order valence-electron chi connectivity index (χ3n) is 5.99. The molecule has 0 saturated carbocycles. The van der Waals surface area contributed by atoms with E-state index in [2.05, 4.69) is 10.3 Å². The van der Waals surface area contributed by atoms with Gasteiger partial charge < -0.3 is 10.1 Å². The fourth-order valence-electron chi connectivity index (χ4n) is 4.13. The zero-order valence-electron chi connectivity index (χ0n) is 21.1. The van der Waals surface area contributed by atoms with Gasteiger partial charge in [-0.2, -0.15) is 5.10 Å². The van der Waals surface area contributed by atoms with Crippen LogP contribution in [0.25, 0.3) is 22.2 Å². The largest absolute Gasteiger partial charge is 0.464 e. The number of nitrogens with zero attached hydrogens (tertiary/aromatic N) is 3. The van der Waals surface area contributed by atoms with Crippen LogP contribution in [-0.2, 0) is 21.8 Å². The fourth-order valence-corrected chi connectivity index (χ4v) is 5.55. The predicted molar refractivity (Wildman–Crippen MR) is 155 cm³/mol. The van der Waals surface area contributed by atoms with Crippen LogP contribution in [0.1, 0.15) is 22.8 Å². The summed E-state index contributed by atoms with van der Waals surface area (Å²) in [5.74, 6) is -0.0910. The topological polar surface area (TPSA) is 86.1 Å². The van der Waals surface area contributed by atoms with E-state index in [4.69, 9.17) is 21.4 Å². The van der Waals surface area contributed by atoms with E-state index in [-0.39, 0.29) is 18.5 Å². The van der Waals surface area contributed by atoms with Crippen LogP contribution in [-0.4, -0.2) is 33.2 Å². The molecule has 2 heterocycles. The first-order valence-corrected chi connectivity index (χ1v) is 13.7. The summed E-state index contributed by atoms with van der Waals surface area (Å²) in [5.41, 5.74) is 4.56. The van der Waals surface area contributed by atoms with E-state index in [9.17, 15) is 9.59 Å². The lowest BCUT2D eigenvalue weighted by molar-refractivity contribution is -0.141. The van der Waals surface area contributed by atoms with Crippen LogP contribution in [0.3, 0.4) is 0 Å². The molecule has 0 spiro atoms. The van der Waals surface area contributed by atoms with Crippen molar-refractivity contribution in [3.05, 3.63) is 107 Å². The standard InChI is InChI=1S/C30H25ClN4O3S/c1-20(36)38-16-15-35-29(31)25(28(34-35)21-9-3-2-4-10-21)19-39-27-14-8-6-12-24(27)30(37)33-23-17-22-11-5-7-13-26(22)32-18-23/h2-14,17-18H,15-16,19H2,1H3,(H,33,37). The molecule has 0 fully saturated rings. The van der Waals surface area contributed by atoms with Crippen molar-refractivity contribution in [3.8, 4) is 11.3 Å². The third-order valence-corrected chi connectivity index (χ3v) is 7.51. The predicted octanol–water partition coefficient (Wildman–Crippen LogP) is 6.86. The number of carbonyl (C=O) groups excluding carboxylic acids is 2. The molecular weight excluding hydrogens is 532 g/mol. The number of anilines is 1. The van der Waals surface area contributed by atoms with Gasteiger partial charge in [-0.1, -0.05) is 72.3 Å².